The zero-order valence-corrected chi connectivity index (χ0v) is 21.6. The second-order valence-electron chi connectivity index (χ2n) is 9.90. The van der Waals surface area contributed by atoms with Crippen molar-refractivity contribution in [2.45, 2.75) is 63.7 Å². The quantitative estimate of drug-likeness (QED) is 0.243. The third-order valence-electron chi connectivity index (χ3n) is 6.53. The number of amides is 3. The Bertz CT molecular complexity index is 1100. The maximum atomic E-state index is 13.4. The van der Waals surface area contributed by atoms with Crippen LogP contribution in [0.15, 0.2) is 54.6 Å². The van der Waals surface area contributed by atoms with Crippen molar-refractivity contribution >= 4 is 23.7 Å². The van der Waals surface area contributed by atoms with E-state index >= 15 is 0 Å². The Morgan fingerprint density at radius 3 is 2.08 bits per heavy atom. The van der Waals surface area contributed by atoms with E-state index in [1.807, 2.05) is 30.3 Å². The summed E-state index contributed by atoms with van der Waals surface area (Å²) < 4.78 is 0. The van der Waals surface area contributed by atoms with Gasteiger partial charge >= 0.3 is 5.97 Å². The van der Waals surface area contributed by atoms with Gasteiger partial charge in [-0.2, -0.15) is 0 Å². The zero-order valence-electron chi connectivity index (χ0n) is 21.6. The number of nitrogens with one attached hydrogen (secondary N) is 4. The van der Waals surface area contributed by atoms with E-state index in [1.54, 1.807) is 26.0 Å². The van der Waals surface area contributed by atoms with Gasteiger partial charge in [0.1, 0.15) is 23.9 Å². The second-order valence-corrected chi connectivity index (χ2v) is 9.90. The normalized spacial score (nSPS) is 17.3. The lowest BCUT2D eigenvalue weighted by atomic mass is 9.99. The molecule has 0 bridgehead atoms. The van der Waals surface area contributed by atoms with Gasteiger partial charge in [-0.3, -0.25) is 14.4 Å². The minimum atomic E-state index is -1.24. The van der Waals surface area contributed by atoms with Gasteiger partial charge in [0.15, 0.2) is 0 Å². The van der Waals surface area contributed by atoms with Gasteiger partial charge < -0.3 is 31.5 Å². The number of hydrogen-bond donors (Lipinski definition) is 6. The van der Waals surface area contributed by atoms with Crippen molar-refractivity contribution in [3.63, 3.8) is 0 Å². The van der Waals surface area contributed by atoms with Gasteiger partial charge in [-0.25, -0.2) is 4.79 Å². The molecule has 0 spiro atoms. The standard InChI is InChI=1S/C28H36N4O6/c1-17(2)24(27(36)31-23(28(37)38)16-19-10-12-20(33)13-11-19)32-26(35)22(15-18-7-4-3-5-8-18)30-25(34)21-9-6-14-29-21/h3-5,7-8,10-13,17,21-24,29,33H,6,9,14-16H2,1-2H3,(H,30,34)(H,31,36)(H,32,35)(H,37,38). The molecule has 1 fully saturated rings. The Hall–Kier alpha value is -3.92. The van der Waals surface area contributed by atoms with Gasteiger partial charge in [0.2, 0.25) is 17.7 Å². The summed E-state index contributed by atoms with van der Waals surface area (Å²) in [5.41, 5.74) is 1.46. The van der Waals surface area contributed by atoms with Gasteiger partial charge in [0.25, 0.3) is 0 Å². The van der Waals surface area contributed by atoms with Crippen LogP contribution in [-0.2, 0) is 32.0 Å². The van der Waals surface area contributed by atoms with Crippen molar-refractivity contribution in [1.82, 2.24) is 21.3 Å². The molecule has 0 radical (unpaired) electrons. The number of phenols is 1. The summed E-state index contributed by atoms with van der Waals surface area (Å²) in [6.45, 7) is 4.22. The van der Waals surface area contributed by atoms with E-state index in [0.717, 1.165) is 18.5 Å². The van der Waals surface area contributed by atoms with Gasteiger partial charge in [0.05, 0.1) is 6.04 Å². The van der Waals surface area contributed by atoms with Crippen LogP contribution >= 0.6 is 0 Å². The first kappa shape index (κ1) is 28.6. The van der Waals surface area contributed by atoms with Crippen molar-refractivity contribution < 1.29 is 29.4 Å². The molecule has 3 amide bonds. The van der Waals surface area contributed by atoms with Crippen LogP contribution in [0.1, 0.15) is 37.8 Å². The summed E-state index contributed by atoms with van der Waals surface area (Å²) in [4.78, 5) is 51.2. The molecule has 10 nitrogen and oxygen atoms in total. The number of rotatable bonds is 12. The van der Waals surface area contributed by atoms with E-state index in [9.17, 15) is 29.4 Å². The Balaban J connectivity index is 1.72. The third kappa shape index (κ3) is 8.31. The van der Waals surface area contributed by atoms with Crippen molar-refractivity contribution in [2.24, 2.45) is 5.92 Å². The van der Waals surface area contributed by atoms with E-state index in [1.165, 1.54) is 12.1 Å². The van der Waals surface area contributed by atoms with Gasteiger partial charge in [-0.15, -0.1) is 0 Å². The van der Waals surface area contributed by atoms with Crippen LogP contribution in [0, 0.1) is 5.92 Å². The van der Waals surface area contributed by atoms with Gasteiger partial charge in [0, 0.05) is 12.8 Å². The lowest BCUT2D eigenvalue weighted by Gasteiger charge is -2.27. The van der Waals surface area contributed by atoms with Crippen LogP contribution in [-0.4, -0.2) is 64.6 Å². The summed E-state index contributed by atoms with van der Waals surface area (Å²) >= 11 is 0. The van der Waals surface area contributed by atoms with Gasteiger partial charge in [-0.05, 0) is 48.6 Å². The predicted octanol–water partition coefficient (Wildman–Crippen LogP) is 1.12. The molecule has 1 aliphatic rings. The van der Waals surface area contributed by atoms with Crippen molar-refractivity contribution in [2.75, 3.05) is 6.54 Å². The van der Waals surface area contributed by atoms with Crippen LogP contribution in [0.25, 0.3) is 0 Å². The van der Waals surface area contributed by atoms with Crippen molar-refractivity contribution in [3.05, 3.63) is 65.7 Å². The number of carbonyl (C=O) groups excluding carboxylic acids is 3. The number of hydrogen-bond acceptors (Lipinski definition) is 6. The van der Waals surface area contributed by atoms with Gasteiger partial charge in [-0.1, -0.05) is 56.3 Å². The molecule has 0 aliphatic carbocycles. The summed E-state index contributed by atoms with van der Waals surface area (Å²) in [5, 5.41) is 30.4. The predicted molar refractivity (Wildman–Crippen MR) is 141 cm³/mol. The molecule has 6 N–H and O–H groups in total. The fraction of sp³-hybridized carbons (Fsp3) is 0.429. The van der Waals surface area contributed by atoms with E-state index < -0.39 is 35.9 Å². The summed E-state index contributed by atoms with van der Waals surface area (Å²) in [5.74, 6) is -2.97. The molecule has 0 saturated carbocycles. The molecule has 2 aromatic rings. The first-order chi connectivity index (χ1) is 18.1. The van der Waals surface area contributed by atoms with E-state index in [0.29, 0.717) is 12.0 Å². The molecule has 10 heteroatoms. The highest BCUT2D eigenvalue weighted by Gasteiger charge is 2.33. The molecular formula is C28H36N4O6. The summed E-state index contributed by atoms with van der Waals surface area (Å²) in [6.07, 6.45) is 1.79. The van der Waals surface area contributed by atoms with E-state index in [4.69, 9.17) is 0 Å². The first-order valence-electron chi connectivity index (χ1n) is 12.8. The highest BCUT2D eigenvalue weighted by atomic mass is 16.4. The topological polar surface area (TPSA) is 157 Å². The molecule has 4 atom stereocenters. The van der Waals surface area contributed by atoms with Crippen molar-refractivity contribution in [1.29, 1.82) is 0 Å². The third-order valence-corrected chi connectivity index (χ3v) is 6.53. The van der Waals surface area contributed by atoms with Crippen LogP contribution in [0.4, 0.5) is 0 Å². The maximum Gasteiger partial charge on any atom is 0.326 e. The maximum absolute atomic E-state index is 13.4. The van der Waals surface area contributed by atoms with E-state index in [-0.39, 0.29) is 36.5 Å². The molecule has 1 heterocycles. The van der Waals surface area contributed by atoms with Crippen LogP contribution in [0.5, 0.6) is 5.75 Å². The number of phenolic OH excluding ortho intramolecular Hbond substituents is 1. The summed E-state index contributed by atoms with van der Waals surface area (Å²) in [7, 11) is 0. The molecule has 1 aliphatic heterocycles. The Labute approximate surface area is 222 Å². The smallest absolute Gasteiger partial charge is 0.326 e. The van der Waals surface area contributed by atoms with E-state index in [2.05, 4.69) is 21.3 Å². The first-order valence-corrected chi connectivity index (χ1v) is 12.8. The number of carboxylic acids is 1. The average Bonchev–Trinajstić information content (AvgIpc) is 3.43. The largest absolute Gasteiger partial charge is 0.508 e. The molecule has 4 unspecified atom stereocenters. The Kier molecular flexibility index (Phi) is 10.2. The molecule has 2 aromatic carbocycles. The molecule has 1 saturated heterocycles. The lowest BCUT2D eigenvalue weighted by molar-refractivity contribution is -0.142. The number of aliphatic carboxylic acids is 1. The van der Waals surface area contributed by atoms with Crippen LogP contribution < -0.4 is 21.3 Å². The monoisotopic (exact) mass is 524 g/mol. The molecule has 38 heavy (non-hydrogen) atoms. The van der Waals surface area contributed by atoms with Crippen LogP contribution in [0.3, 0.4) is 0 Å². The SMILES string of the molecule is CC(C)C(NC(=O)C(Cc1ccccc1)NC(=O)C1CCCN1)C(=O)NC(Cc1ccc(O)cc1)C(=O)O. The number of aromatic hydroxyl groups is 1. The molecular weight excluding hydrogens is 488 g/mol. The minimum absolute atomic E-state index is 0.00118. The fourth-order valence-electron chi connectivity index (χ4n) is 4.36. The number of carbonyl (C=O) groups is 4. The van der Waals surface area contributed by atoms with Crippen LogP contribution in [0.2, 0.25) is 0 Å². The zero-order chi connectivity index (χ0) is 27.7. The molecule has 3 rings (SSSR count). The highest BCUT2D eigenvalue weighted by molar-refractivity contribution is 5.94. The highest BCUT2D eigenvalue weighted by Crippen LogP contribution is 2.13. The number of benzene rings is 2. The van der Waals surface area contributed by atoms with Crippen molar-refractivity contribution in [3.8, 4) is 5.75 Å². The Morgan fingerprint density at radius 1 is 0.868 bits per heavy atom. The fourth-order valence-corrected chi connectivity index (χ4v) is 4.36. The molecule has 204 valence electrons. The Morgan fingerprint density at radius 2 is 1.50 bits per heavy atom. The second kappa shape index (κ2) is 13.6. The minimum Gasteiger partial charge on any atom is -0.508 e. The summed E-state index contributed by atoms with van der Waals surface area (Å²) in [6, 6.07) is 11.7. The number of carboxylic acid groups (broad SMARTS) is 1. The molecule has 0 aromatic heterocycles. The lowest BCUT2D eigenvalue weighted by Crippen LogP contribution is -2.59. The average molecular weight is 525 g/mol.